The largest absolute Gasteiger partial charge is 0.351 e. The van der Waals surface area contributed by atoms with E-state index in [1.165, 1.54) is 12.8 Å². The number of halogens is 2. The molecule has 0 radical (unpaired) electrons. The van der Waals surface area contributed by atoms with E-state index in [1.54, 1.807) is 0 Å². The van der Waals surface area contributed by atoms with Crippen LogP contribution in [0.25, 0.3) is 0 Å². The van der Waals surface area contributed by atoms with Crippen molar-refractivity contribution in [3.05, 3.63) is 22.8 Å². The van der Waals surface area contributed by atoms with Crippen molar-refractivity contribution < 1.29 is 0 Å². The lowest BCUT2D eigenvalue weighted by molar-refractivity contribution is 0.371. The van der Waals surface area contributed by atoms with Gasteiger partial charge in [-0.05, 0) is 38.6 Å². The van der Waals surface area contributed by atoms with Crippen molar-refractivity contribution in [3.63, 3.8) is 0 Å². The van der Waals surface area contributed by atoms with Gasteiger partial charge in [0.1, 0.15) is 5.82 Å². The minimum Gasteiger partial charge on any atom is -0.351 e. The molecule has 1 aromatic rings. The van der Waals surface area contributed by atoms with Gasteiger partial charge in [0.2, 0.25) is 0 Å². The van der Waals surface area contributed by atoms with E-state index in [-0.39, 0.29) is 0 Å². The van der Waals surface area contributed by atoms with Gasteiger partial charge in [0, 0.05) is 31.2 Å². The van der Waals surface area contributed by atoms with Gasteiger partial charge in [0.25, 0.3) is 0 Å². The quantitative estimate of drug-likeness (QED) is 0.794. The van der Waals surface area contributed by atoms with Crippen LogP contribution in [0.2, 0.25) is 5.02 Å². The van der Waals surface area contributed by atoms with E-state index < -0.39 is 0 Å². The maximum atomic E-state index is 6.31. The van der Waals surface area contributed by atoms with E-state index in [0.29, 0.717) is 16.9 Å². The van der Waals surface area contributed by atoms with Gasteiger partial charge in [-0.15, -0.1) is 11.6 Å². The Morgan fingerprint density at radius 3 is 2.89 bits per heavy atom. The molecule has 1 fully saturated rings. The zero-order chi connectivity index (χ0) is 13.1. The second-order valence-corrected chi connectivity index (χ2v) is 5.71. The highest BCUT2D eigenvalue weighted by Crippen LogP contribution is 2.30. The number of hydrogen-bond acceptors (Lipinski definition) is 3. The Balaban J connectivity index is 2.19. The van der Waals surface area contributed by atoms with Crippen molar-refractivity contribution in [3.8, 4) is 0 Å². The van der Waals surface area contributed by atoms with Gasteiger partial charge in [-0.3, -0.25) is 0 Å². The molecule has 1 aliphatic rings. The summed E-state index contributed by atoms with van der Waals surface area (Å²) in [4.78, 5) is 9.01. The highest BCUT2D eigenvalue weighted by Gasteiger charge is 2.27. The molecule has 18 heavy (non-hydrogen) atoms. The van der Waals surface area contributed by atoms with E-state index >= 15 is 0 Å². The topological polar surface area (TPSA) is 19.4 Å². The van der Waals surface area contributed by atoms with Crippen LogP contribution in [0.15, 0.2) is 12.3 Å². The fraction of sp³-hybridized carbons (Fsp3) is 0.615. The summed E-state index contributed by atoms with van der Waals surface area (Å²) in [6.07, 6.45) is 4.22. The molecule has 2 rings (SSSR count). The Hall–Kier alpha value is -0.510. The van der Waals surface area contributed by atoms with Crippen LogP contribution in [-0.2, 0) is 5.88 Å². The second kappa shape index (κ2) is 6.09. The number of nitrogens with zero attached hydrogens (tertiary/aromatic N) is 3. The standard InChI is InChI=1S/C13H19Cl2N3/c1-17(2)9-11-4-3-5-18(11)13-12(15)6-10(7-14)8-16-13/h6,8,11H,3-5,7,9H2,1-2H3. The van der Waals surface area contributed by atoms with Crippen molar-refractivity contribution >= 4 is 29.0 Å². The van der Waals surface area contributed by atoms with Crippen LogP contribution in [0.5, 0.6) is 0 Å². The fourth-order valence-corrected chi connectivity index (χ4v) is 2.92. The molecule has 0 N–H and O–H groups in total. The van der Waals surface area contributed by atoms with Crippen LogP contribution in [-0.4, -0.2) is 43.1 Å². The van der Waals surface area contributed by atoms with Crippen LogP contribution in [0, 0.1) is 0 Å². The Morgan fingerprint density at radius 2 is 2.28 bits per heavy atom. The van der Waals surface area contributed by atoms with Crippen molar-refractivity contribution in [1.82, 2.24) is 9.88 Å². The van der Waals surface area contributed by atoms with Gasteiger partial charge in [0.15, 0.2) is 0 Å². The minimum atomic E-state index is 0.453. The monoisotopic (exact) mass is 287 g/mol. The number of likely N-dealkylation sites (N-methyl/N-ethyl adjacent to an activating group) is 1. The Morgan fingerprint density at radius 1 is 1.50 bits per heavy atom. The number of pyridine rings is 1. The normalized spacial score (nSPS) is 19.8. The lowest BCUT2D eigenvalue weighted by atomic mass is 10.2. The van der Waals surface area contributed by atoms with E-state index in [9.17, 15) is 0 Å². The second-order valence-electron chi connectivity index (χ2n) is 5.03. The van der Waals surface area contributed by atoms with Crippen LogP contribution in [0.3, 0.4) is 0 Å². The molecule has 2 heterocycles. The third-order valence-electron chi connectivity index (χ3n) is 3.26. The summed E-state index contributed by atoms with van der Waals surface area (Å²) >= 11 is 12.1. The molecule has 5 heteroatoms. The van der Waals surface area contributed by atoms with Crippen molar-refractivity contribution in [2.24, 2.45) is 0 Å². The number of rotatable bonds is 4. The Labute approximate surface area is 119 Å². The molecule has 0 amide bonds. The first-order chi connectivity index (χ1) is 8.61. The lowest BCUT2D eigenvalue weighted by Crippen LogP contribution is -2.38. The number of anilines is 1. The molecule has 0 aliphatic carbocycles. The van der Waals surface area contributed by atoms with E-state index in [4.69, 9.17) is 23.2 Å². The number of hydrogen-bond donors (Lipinski definition) is 0. The van der Waals surface area contributed by atoms with E-state index in [1.807, 2.05) is 12.3 Å². The van der Waals surface area contributed by atoms with Crippen LogP contribution < -0.4 is 4.90 Å². The SMILES string of the molecule is CN(C)CC1CCCN1c1ncc(CCl)cc1Cl. The molecule has 0 aromatic carbocycles. The summed E-state index contributed by atoms with van der Waals surface area (Å²) < 4.78 is 0. The molecule has 1 atom stereocenters. The smallest absolute Gasteiger partial charge is 0.147 e. The zero-order valence-electron chi connectivity index (χ0n) is 10.9. The summed E-state index contributed by atoms with van der Waals surface area (Å²) in [6, 6.07) is 2.42. The Bertz CT molecular complexity index is 409. The van der Waals surface area contributed by atoms with Crippen LogP contribution in [0.4, 0.5) is 5.82 Å². The molecule has 1 aliphatic heterocycles. The van der Waals surface area contributed by atoms with Gasteiger partial charge in [-0.2, -0.15) is 0 Å². The van der Waals surface area contributed by atoms with Crippen molar-refractivity contribution in [2.75, 3.05) is 32.1 Å². The van der Waals surface area contributed by atoms with Crippen molar-refractivity contribution in [1.29, 1.82) is 0 Å². The average Bonchev–Trinajstić information content (AvgIpc) is 2.76. The summed E-state index contributed by atoms with van der Waals surface area (Å²) in [5.74, 6) is 1.35. The maximum Gasteiger partial charge on any atom is 0.147 e. The first kappa shape index (κ1) is 13.9. The van der Waals surface area contributed by atoms with E-state index in [0.717, 1.165) is 24.5 Å². The van der Waals surface area contributed by atoms with Gasteiger partial charge >= 0.3 is 0 Å². The lowest BCUT2D eigenvalue weighted by Gasteiger charge is -2.28. The molecule has 0 spiro atoms. The predicted octanol–water partition coefficient (Wildman–Crippen LogP) is 3.00. The summed E-state index contributed by atoms with van der Waals surface area (Å²) in [6.45, 7) is 2.07. The van der Waals surface area contributed by atoms with E-state index in [2.05, 4.69) is 28.9 Å². The van der Waals surface area contributed by atoms with Gasteiger partial charge in [0.05, 0.1) is 5.02 Å². The maximum absolute atomic E-state index is 6.31. The molecule has 1 saturated heterocycles. The first-order valence-corrected chi connectivity index (χ1v) is 7.15. The molecule has 100 valence electrons. The number of alkyl halides is 1. The van der Waals surface area contributed by atoms with Crippen LogP contribution in [0.1, 0.15) is 18.4 Å². The molecule has 0 bridgehead atoms. The molecular formula is C13H19Cl2N3. The third kappa shape index (κ3) is 3.08. The van der Waals surface area contributed by atoms with Gasteiger partial charge < -0.3 is 9.80 Å². The average molecular weight is 288 g/mol. The molecule has 3 nitrogen and oxygen atoms in total. The van der Waals surface area contributed by atoms with Gasteiger partial charge in [-0.1, -0.05) is 11.6 Å². The van der Waals surface area contributed by atoms with Gasteiger partial charge in [-0.25, -0.2) is 4.98 Å². The first-order valence-electron chi connectivity index (χ1n) is 6.23. The predicted molar refractivity (Wildman–Crippen MR) is 77.7 cm³/mol. The number of aromatic nitrogens is 1. The van der Waals surface area contributed by atoms with Crippen LogP contribution >= 0.6 is 23.2 Å². The molecular weight excluding hydrogens is 269 g/mol. The fourth-order valence-electron chi connectivity index (χ4n) is 2.48. The molecule has 1 aromatic heterocycles. The Kier molecular flexibility index (Phi) is 4.71. The molecule has 1 unspecified atom stereocenters. The highest BCUT2D eigenvalue weighted by atomic mass is 35.5. The highest BCUT2D eigenvalue weighted by molar-refractivity contribution is 6.33. The molecule has 0 saturated carbocycles. The van der Waals surface area contributed by atoms with Crippen molar-refractivity contribution in [2.45, 2.75) is 24.8 Å². The zero-order valence-corrected chi connectivity index (χ0v) is 12.4. The summed E-state index contributed by atoms with van der Waals surface area (Å²) in [5.41, 5.74) is 0.966. The minimum absolute atomic E-state index is 0.453. The third-order valence-corrected chi connectivity index (χ3v) is 3.84. The summed E-state index contributed by atoms with van der Waals surface area (Å²) in [5, 5.41) is 0.707. The summed E-state index contributed by atoms with van der Waals surface area (Å²) in [7, 11) is 4.20.